The summed E-state index contributed by atoms with van der Waals surface area (Å²) in [5.74, 6) is -4.06. The van der Waals surface area contributed by atoms with Gasteiger partial charge in [0.15, 0.2) is 5.66 Å². The first kappa shape index (κ1) is 30.7. The van der Waals surface area contributed by atoms with Crippen molar-refractivity contribution in [2.75, 3.05) is 19.7 Å². The normalized spacial score (nSPS) is 28.5. The molecule has 1 aromatic rings. The van der Waals surface area contributed by atoms with Crippen molar-refractivity contribution in [2.45, 2.75) is 65.5 Å². The molecular formula is C27H30Cl3N7O7. The number of benzene rings is 1. The zero-order chi connectivity index (χ0) is 31.6. The Morgan fingerprint density at radius 3 is 2.59 bits per heavy atom. The van der Waals surface area contributed by atoms with E-state index in [0.717, 1.165) is 35.3 Å². The number of fused-ring (bicyclic) bond motifs is 1. The summed E-state index contributed by atoms with van der Waals surface area (Å²) in [7, 11) is 0. The molecule has 17 heteroatoms. The van der Waals surface area contributed by atoms with E-state index < -0.39 is 63.8 Å². The molecule has 236 valence electrons. The van der Waals surface area contributed by atoms with E-state index in [9.17, 15) is 29.4 Å². The van der Waals surface area contributed by atoms with Crippen molar-refractivity contribution in [1.29, 1.82) is 0 Å². The lowest BCUT2D eigenvalue weighted by Gasteiger charge is -2.49. The van der Waals surface area contributed by atoms with Crippen LogP contribution in [0.25, 0.3) is 0 Å². The topological polar surface area (TPSA) is 185 Å². The molecule has 4 heterocycles. The molecule has 0 radical (unpaired) electrons. The van der Waals surface area contributed by atoms with E-state index in [2.05, 4.69) is 32.8 Å². The van der Waals surface area contributed by atoms with Gasteiger partial charge in [0.25, 0.3) is 5.91 Å². The van der Waals surface area contributed by atoms with Crippen LogP contribution in [0.1, 0.15) is 40.7 Å². The summed E-state index contributed by atoms with van der Waals surface area (Å²) < 4.78 is 3.11. The third kappa shape index (κ3) is 5.11. The Bertz CT molecular complexity index is 1470. The molecule has 44 heavy (non-hydrogen) atoms. The number of carbonyl (C=O) groups excluding carboxylic acids is 4. The molecule has 1 aliphatic carbocycles. The predicted molar refractivity (Wildman–Crippen MR) is 157 cm³/mol. The number of alkyl carbamates (subject to hydrolysis) is 1. The fraction of sp³-hybridized carbons (Fsp3) is 0.519. The fourth-order valence-electron chi connectivity index (χ4n) is 6.79. The van der Waals surface area contributed by atoms with Crippen LogP contribution in [0.5, 0.6) is 0 Å². The van der Waals surface area contributed by atoms with Gasteiger partial charge in [0.1, 0.15) is 12.6 Å². The molecule has 4 aliphatic heterocycles. The first-order valence-electron chi connectivity index (χ1n) is 14.0. The highest BCUT2D eigenvalue weighted by Gasteiger charge is 2.74. The molecule has 4 atom stereocenters. The predicted octanol–water partition coefficient (Wildman–Crippen LogP) is -0.0173. The van der Waals surface area contributed by atoms with Gasteiger partial charge in [-0.2, -0.15) is 0 Å². The summed E-state index contributed by atoms with van der Waals surface area (Å²) in [6.07, 6.45) is 1.48. The van der Waals surface area contributed by atoms with Crippen LogP contribution < -0.4 is 21.3 Å². The van der Waals surface area contributed by atoms with Crippen molar-refractivity contribution in [3.63, 3.8) is 0 Å². The molecule has 0 saturated carbocycles. The molecule has 1 aromatic carbocycles. The summed E-state index contributed by atoms with van der Waals surface area (Å²) in [4.78, 5) is 58.4. The lowest BCUT2D eigenvalue weighted by Crippen LogP contribution is -2.78. The summed E-state index contributed by atoms with van der Waals surface area (Å²) in [5.41, 5.74) is 0.519. The SMILES string of the molecule is C=C1N[C@H]2[C@H](CN3C(=O)CCC3=O)N=C(NC(=O)OCC(Cl)(Cl)Cl)N3C[C@H](NC(=O)c4cccc5c4CCC5)C(O)(O)[C@]23N1. The number of halogens is 3. The molecule has 0 unspecified atom stereocenters. The number of guanidine groups is 1. The molecule has 6 N–H and O–H groups in total. The van der Waals surface area contributed by atoms with E-state index in [4.69, 9.17) is 39.5 Å². The molecule has 4 amide bonds. The molecule has 0 bridgehead atoms. The number of imide groups is 1. The molecule has 5 aliphatic rings. The number of amides is 4. The van der Waals surface area contributed by atoms with Crippen molar-refractivity contribution in [3.8, 4) is 0 Å². The number of aliphatic imine (C=N–C) groups is 1. The van der Waals surface area contributed by atoms with Gasteiger partial charge in [-0.05, 0) is 36.5 Å². The minimum atomic E-state index is -2.72. The molecule has 6 rings (SSSR count). The quantitative estimate of drug-likeness (QED) is 0.141. The maximum atomic E-state index is 13.6. The number of carbonyl (C=O) groups is 4. The van der Waals surface area contributed by atoms with Gasteiger partial charge in [0.05, 0.1) is 24.4 Å². The minimum absolute atomic E-state index is 0.0330. The Kier molecular flexibility index (Phi) is 7.64. The van der Waals surface area contributed by atoms with Crippen molar-refractivity contribution >= 4 is 64.6 Å². The van der Waals surface area contributed by atoms with Crippen molar-refractivity contribution in [2.24, 2.45) is 4.99 Å². The van der Waals surface area contributed by atoms with Crippen molar-refractivity contribution in [1.82, 2.24) is 31.1 Å². The van der Waals surface area contributed by atoms with Crippen LogP contribution >= 0.6 is 34.8 Å². The number of nitrogens with zero attached hydrogens (tertiary/aromatic N) is 3. The van der Waals surface area contributed by atoms with Gasteiger partial charge in [-0.3, -0.25) is 24.6 Å². The van der Waals surface area contributed by atoms with Crippen LogP contribution in [-0.2, 0) is 27.2 Å². The molecule has 3 fully saturated rings. The Balaban J connectivity index is 1.35. The lowest BCUT2D eigenvalue weighted by molar-refractivity contribution is -0.231. The monoisotopic (exact) mass is 669 g/mol. The van der Waals surface area contributed by atoms with Gasteiger partial charge >= 0.3 is 6.09 Å². The number of likely N-dealkylation sites (tertiary alicyclic amines) is 1. The van der Waals surface area contributed by atoms with Crippen molar-refractivity contribution in [3.05, 3.63) is 47.3 Å². The Labute approximate surface area is 266 Å². The van der Waals surface area contributed by atoms with Crippen LogP contribution in [-0.4, -0.2) is 103 Å². The van der Waals surface area contributed by atoms with Crippen LogP contribution in [0.15, 0.2) is 35.6 Å². The number of alkyl halides is 3. The van der Waals surface area contributed by atoms with Crippen LogP contribution in [0, 0.1) is 0 Å². The van der Waals surface area contributed by atoms with Crippen LogP contribution in [0.4, 0.5) is 4.79 Å². The molecule has 3 saturated heterocycles. The lowest BCUT2D eigenvalue weighted by atomic mass is 9.85. The number of aryl methyl sites for hydroxylation is 1. The highest BCUT2D eigenvalue weighted by Crippen LogP contribution is 2.45. The van der Waals surface area contributed by atoms with E-state index in [1.54, 1.807) is 12.1 Å². The highest BCUT2D eigenvalue weighted by molar-refractivity contribution is 6.67. The number of nitrogens with one attached hydrogen (secondary N) is 4. The summed E-state index contributed by atoms with van der Waals surface area (Å²) in [6, 6.07) is 2.09. The maximum absolute atomic E-state index is 13.6. The largest absolute Gasteiger partial charge is 0.445 e. The minimum Gasteiger partial charge on any atom is -0.445 e. The Morgan fingerprint density at radius 2 is 1.89 bits per heavy atom. The maximum Gasteiger partial charge on any atom is 0.414 e. The van der Waals surface area contributed by atoms with Gasteiger partial charge < -0.3 is 35.8 Å². The number of ether oxygens (including phenoxy) is 1. The van der Waals surface area contributed by atoms with Gasteiger partial charge in [0, 0.05) is 24.9 Å². The third-order valence-electron chi connectivity index (χ3n) is 8.69. The fourth-order valence-corrected chi connectivity index (χ4v) is 6.95. The van der Waals surface area contributed by atoms with Gasteiger partial charge in [-0.1, -0.05) is 53.5 Å². The molecule has 0 aromatic heterocycles. The molecule has 14 nitrogen and oxygen atoms in total. The highest BCUT2D eigenvalue weighted by atomic mass is 35.6. The average molecular weight is 671 g/mol. The molecule has 1 spiro atoms. The first-order valence-corrected chi connectivity index (χ1v) is 15.1. The number of rotatable bonds is 5. The van der Waals surface area contributed by atoms with Crippen molar-refractivity contribution < 1.29 is 34.1 Å². The average Bonchev–Trinajstić information content (AvgIpc) is 3.70. The molecular weight excluding hydrogens is 641 g/mol. The third-order valence-corrected chi connectivity index (χ3v) is 9.02. The van der Waals surface area contributed by atoms with Gasteiger partial charge in [-0.25, -0.2) is 9.79 Å². The van der Waals surface area contributed by atoms with Gasteiger partial charge in [0.2, 0.25) is 27.4 Å². The standard InChI is InChI=1S/C27H30Cl3N7O7/c1-13-31-21-17(10-36-19(38)8-9-20(36)39)32-23(34-24(41)44-12-25(28,29)30)37-11-18(27(42,43)26(21,37)35-13)33-22(40)16-7-3-5-14-4-2-6-15(14)16/h3,5,7,17-18,21,31,35,42-43H,1-2,4,6,8-12H2,(H,33,40)(H,32,34,41)/t17-,18-,21-,26-/m0/s1. The number of hydrogen-bond donors (Lipinski definition) is 6. The smallest absolute Gasteiger partial charge is 0.414 e. The van der Waals surface area contributed by atoms with Crippen LogP contribution in [0.2, 0.25) is 0 Å². The number of aliphatic hydroxyl groups is 2. The Hall–Kier alpha value is -3.30. The van der Waals surface area contributed by atoms with E-state index in [1.807, 2.05) is 6.07 Å². The number of hydrogen-bond acceptors (Lipinski definition) is 11. The first-order chi connectivity index (χ1) is 20.7. The second kappa shape index (κ2) is 10.9. The van der Waals surface area contributed by atoms with E-state index >= 15 is 0 Å². The van der Waals surface area contributed by atoms with Gasteiger partial charge in [-0.15, -0.1) is 0 Å². The Morgan fingerprint density at radius 1 is 1.16 bits per heavy atom. The van der Waals surface area contributed by atoms with Crippen LogP contribution in [0.3, 0.4) is 0 Å². The zero-order valence-corrected chi connectivity index (χ0v) is 25.5. The van der Waals surface area contributed by atoms with E-state index in [-0.39, 0.29) is 37.7 Å². The second-order valence-electron chi connectivity index (χ2n) is 11.4. The summed E-state index contributed by atoms with van der Waals surface area (Å²) >= 11 is 17.1. The zero-order valence-electron chi connectivity index (χ0n) is 23.2. The van der Waals surface area contributed by atoms with E-state index in [0.29, 0.717) is 5.56 Å². The summed E-state index contributed by atoms with van der Waals surface area (Å²) in [6.45, 7) is 2.81. The second-order valence-corrected chi connectivity index (χ2v) is 13.9. The van der Waals surface area contributed by atoms with E-state index in [1.165, 1.54) is 4.90 Å². The summed E-state index contributed by atoms with van der Waals surface area (Å²) in [5, 5.41) is 35.1.